The molecular formula is C20H26. The van der Waals surface area contributed by atoms with Crippen molar-refractivity contribution in [2.75, 3.05) is 0 Å². The van der Waals surface area contributed by atoms with Crippen molar-refractivity contribution >= 4 is 5.57 Å². The van der Waals surface area contributed by atoms with Crippen LogP contribution in [-0.2, 0) is 0 Å². The van der Waals surface area contributed by atoms with Gasteiger partial charge in [-0.3, -0.25) is 0 Å². The van der Waals surface area contributed by atoms with Gasteiger partial charge in [-0.25, -0.2) is 0 Å². The Morgan fingerprint density at radius 2 is 2.05 bits per heavy atom. The van der Waals surface area contributed by atoms with Gasteiger partial charge < -0.3 is 0 Å². The Bertz CT molecular complexity index is 518. The van der Waals surface area contributed by atoms with Crippen molar-refractivity contribution in [1.82, 2.24) is 0 Å². The van der Waals surface area contributed by atoms with Crippen LogP contribution < -0.4 is 0 Å². The van der Waals surface area contributed by atoms with Crippen molar-refractivity contribution in [3.05, 3.63) is 66.3 Å². The van der Waals surface area contributed by atoms with Gasteiger partial charge in [0.25, 0.3) is 0 Å². The van der Waals surface area contributed by atoms with Crippen LogP contribution in [0.5, 0.6) is 0 Å². The SMILES string of the molecule is C=C(/C=C\C1=CC(C)CCC1(C)CC)c1ccccc1. The average Bonchev–Trinajstić information content (AvgIpc) is 2.49. The number of rotatable bonds is 4. The molecule has 20 heavy (non-hydrogen) atoms. The highest BCUT2D eigenvalue weighted by molar-refractivity contribution is 5.72. The van der Waals surface area contributed by atoms with Gasteiger partial charge >= 0.3 is 0 Å². The summed E-state index contributed by atoms with van der Waals surface area (Å²) in [5.41, 5.74) is 4.10. The van der Waals surface area contributed by atoms with Gasteiger partial charge in [0, 0.05) is 0 Å². The summed E-state index contributed by atoms with van der Waals surface area (Å²) in [5.74, 6) is 0.694. The van der Waals surface area contributed by atoms with Crippen LogP contribution in [0.1, 0.15) is 45.6 Å². The van der Waals surface area contributed by atoms with Crippen LogP contribution >= 0.6 is 0 Å². The third-order valence-corrected chi connectivity index (χ3v) is 4.70. The first-order chi connectivity index (χ1) is 9.55. The highest BCUT2D eigenvalue weighted by atomic mass is 14.3. The van der Waals surface area contributed by atoms with E-state index < -0.39 is 0 Å². The molecule has 0 heteroatoms. The molecule has 0 saturated heterocycles. The molecule has 106 valence electrons. The molecule has 0 N–H and O–H groups in total. The van der Waals surface area contributed by atoms with Gasteiger partial charge in [-0.15, -0.1) is 0 Å². The molecule has 0 saturated carbocycles. The maximum absolute atomic E-state index is 4.19. The lowest BCUT2D eigenvalue weighted by molar-refractivity contribution is 0.309. The summed E-state index contributed by atoms with van der Waals surface area (Å²) in [5, 5.41) is 0. The molecule has 0 nitrogen and oxygen atoms in total. The molecular weight excluding hydrogens is 240 g/mol. The van der Waals surface area contributed by atoms with E-state index in [4.69, 9.17) is 0 Å². The first-order valence-electron chi connectivity index (χ1n) is 7.70. The van der Waals surface area contributed by atoms with Crippen LogP contribution in [0, 0.1) is 11.3 Å². The summed E-state index contributed by atoms with van der Waals surface area (Å²) in [7, 11) is 0. The quantitative estimate of drug-likeness (QED) is 0.584. The predicted molar refractivity (Wildman–Crippen MR) is 89.5 cm³/mol. The van der Waals surface area contributed by atoms with E-state index in [0.717, 1.165) is 5.57 Å². The summed E-state index contributed by atoms with van der Waals surface area (Å²) in [6, 6.07) is 10.4. The minimum Gasteiger partial charge on any atom is -0.0912 e. The summed E-state index contributed by atoms with van der Waals surface area (Å²) in [4.78, 5) is 0. The second kappa shape index (κ2) is 6.26. The molecule has 0 aliphatic heterocycles. The van der Waals surface area contributed by atoms with Crippen molar-refractivity contribution < 1.29 is 0 Å². The van der Waals surface area contributed by atoms with Gasteiger partial charge in [-0.05, 0) is 47.3 Å². The monoisotopic (exact) mass is 266 g/mol. The van der Waals surface area contributed by atoms with Gasteiger partial charge in [0.1, 0.15) is 0 Å². The Hall–Kier alpha value is -1.56. The van der Waals surface area contributed by atoms with Gasteiger partial charge in [0.05, 0.1) is 0 Å². The fourth-order valence-electron chi connectivity index (χ4n) is 2.86. The average molecular weight is 266 g/mol. The summed E-state index contributed by atoms with van der Waals surface area (Å²) >= 11 is 0. The predicted octanol–water partition coefficient (Wildman–Crippen LogP) is 6.03. The van der Waals surface area contributed by atoms with Gasteiger partial charge in [0.15, 0.2) is 0 Å². The molecule has 2 unspecified atom stereocenters. The fraction of sp³-hybridized carbons (Fsp3) is 0.400. The van der Waals surface area contributed by atoms with Crippen LogP contribution in [-0.4, -0.2) is 0 Å². The largest absolute Gasteiger partial charge is 0.0912 e. The third-order valence-electron chi connectivity index (χ3n) is 4.70. The van der Waals surface area contributed by atoms with Crippen LogP contribution in [0.15, 0.2) is 60.7 Å². The lowest BCUT2D eigenvalue weighted by Crippen LogP contribution is -2.22. The maximum atomic E-state index is 4.19. The molecule has 0 spiro atoms. The van der Waals surface area contributed by atoms with Crippen molar-refractivity contribution in [2.45, 2.75) is 40.0 Å². The maximum Gasteiger partial charge on any atom is -0.00807 e. The molecule has 1 aromatic rings. The first kappa shape index (κ1) is 14.8. The number of benzene rings is 1. The van der Waals surface area contributed by atoms with Crippen molar-refractivity contribution in [3.8, 4) is 0 Å². The van der Waals surface area contributed by atoms with E-state index >= 15 is 0 Å². The van der Waals surface area contributed by atoms with Crippen LogP contribution in [0.25, 0.3) is 5.57 Å². The summed E-state index contributed by atoms with van der Waals surface area (Å²) in [6.07, 6.45) is 10.7. The standard InChI is InChI=1S/C20H26/c1-5-20(4)14-13-16(2)15-19(20)12-11-17(3)18-9-7-6-8-10-18/h6-12,15-16H,3,5,13-14H2,1-2,4H3/b12-11-. The first-order valence-corrected chi connectivity index (χ1v) is 7.70. The van der Waals surface area contributed by atoms with Gasteiger partial charge in [-0.2, -0.15) is 0 Å². The Labute approximate surface area is 123 Å². The van der Waals surface area contributed by atoms with E-state index in [1.165, 1.54) is 30.4 Å². The van der Waals surface area contributed by atoms with Gasteiger partial charge in [-0.1, -0.05) is 75.9 Å². The molecule has 2 rings (SSSR count). The van der Waals surface area contributed by atoms with E-state index in [-0.39, 0.29) is 0 Å². The molecule has 0 radical (unpaired) electrons. The Kier molecular flexibility index (Phi) is 4.65. The zero-order valence-electron chi connectivity index (χ0n) is 13.0. The third kappa shape index (κ3) is 3.30. The summed E-state index contributed by atoms with van der Waals surface area (Å²) < 4.78 is 0. The molecule has 1 aliphatic carbocycles. The number of hydrogen-bond donors (Lipinski definition) is 0. The Balaban J connectivity index is 2.19. The smallest absolute Gasteiger partial charge is 0.00807 e. The fourth-order valence-corrected chi connectivity index (χ4v) is 2.86. The number of allylic oxidation sites excluding steroid dienone is 5. The molecule has 2 atom stereocenters. The number of hydrogen-bond acceptors (Lipinski definition) is 0. The second-order valence-electron chi connectivity index (χ2n) is 6.28. The minimum absolute atomic E-state index is 0.333. The Morgan fingerprint density at radius 1 is 1.35 bits per heavy atom. The lowest BCUT2D eigenvalue weighted by atomic mass is 9.69. The normalized spacial score (nSPS) is 26.6. The highest BCUT2D eigenvalue weighted by Gasteiger charge is 2.29. The van der Waals surface area contributed by atoms with E-state index in [1.807, 2.05) is 6.07 Å². The topological polar surface area (TPSA) is 0 Å². The molecule has 0 aromatic heterocycles. The van der Waals surface area contributed by atoms with Crippen molar-refractivity contribution in [2.24, 2.45) is 11.3 Å². The van der Waals surface area contributed by atoms with Crippen LogP contribution in [0.4, 0.5) is 0 Å². The van der Waals surface area contributed by atoms with E-state index in [9.17, 15) is 0 Å². The minimum atomic E-state index is 0.333. The second-order valence-corrected chi connectivity index (χ2v) is 6.28. The zero-order valence-corrected chi connectivity index (χ0v) is 13.0. The highest BCUT2D eigenvalue weighted by Crippen LogP contribution is 2.42. The molecule has 1 aromatic carbocycles. The van der Waals surface area contributed by atoms with Crippen molar-refractivity contribution in [3.63, 3.8) is 0 Å². The molecule has 0 heterocycles. The van der Waals surface area contributed by atoms with E-state index in [0.29, 0.717) is 11.3 Å². The van der Waals surface area contributed by atoms with Crippen molar-refractivity contribution in [1.29, 1.82) is 0 Å². The molecule has 0 amide bonds. The lowest BCUT2D eigenvalue weighted by Gasteiger charge is -2.35. The zero-order chi connectivity index (χ0) is 14.6. The van der Waals surface area contributed by atoms with Crippen LogP contribution in [0.3, 0.4) is 0 Å². The van der Waals surface area contributed by atoms with E-state index in [1.54, 1.807) is 0 Å². The van der Waals surface area contributed by atoms with Crippen LogP contribution in [0.2, 0.25) is 0 Å². The van der Waals surface area contributed by atoms with Gasteiger partial charge in [0.2, 0.25) is 0 Å². The molecule has 0 fully saturated rings. The van der Waals surface area contributed by atoms with E-state index in [2.05, 4.69) is 69.8 Å². The summed E-state index contributed by atoms with van der Waals surface area (Å²) in [6.45, 7) is 11.2. The molecule has 1 aliphatic rings. The molecule has 0 bridgehead atoms. The Morgan fingerprint density at radius 3 is 2.70 bits per heavy atom.